The molecule has 3 aliphatic rings. The second-order valence-electron chi connectivity index (χ2n) is 6.35. The van der Waals surface area contributed by atoms with Crippen LogP contribution in [0.3, 0.4) is 0 Å². The Bertz CT molecular complexity index is 1290. The van der Waals surface area contributed by atoms with Crippen LogP contribution in [0.1, 0.15) is 0 Å². The summed E-state index contributed by atoms with van der Waals surface area (Å²) in [7, 11) is -70.4. The van der Waals surface area contributed by atoms with E-state index >= 15 is 0 Å². The molecule has 3 aliphatic heterocycles. The van der Waals surface area contributed by atoms with Crippen molar-refractivity contribution in [1.82, 2.24) is 0 Å². The monoisotopic (exact) mass is 1140 g/mol. The molecular formula is Mo2O36P12-12. The van der Waals surface area contributed by atoms with E-state index < -0.39 is 93.9 Å². The van der Waals surface area contributed by atoms with Crippen molar-refractivity contribution < 1.29 is 207 Å². The predicted molar refractivity (Wildman–Crippen MR) is 104 cm³/mol. The standard InChI is InChI=1S/2Mo.3H4O12P4/c;;3*1-13(2)9-14(3,4)11-16(7,8)12-15(5,6)10-13/h;;3*(H,1,2)(H,3,4)(H,5,6)(H,7,8)/p-12. The van der Waals surface area contributed by atoms with Crippen molar-refractivity contribution in [3.63, 3.8) is 0 Å². The number of rotatable bonds is 0. The van der Waals surface area contributed by atoms with E-state index in [1.807, 2.05) is 0 Å². The van der Waals surface area contributed by atoms with E-state index in [2.05, 4.69) is 51.7 Å². The minimum absolute atomic E-state index is 0. The van der Waals surface area contributed by atoms with Crippen molar-refractivity contribution in [3.8, 4) is 0 Å². The molecule has 0 aromatic carbocycles. The second kappa shape index (κ2) is 18.0. The molecule has 0 N–H and O–H groups in total. The average Bonchev–Trinajstić information content (AvgIpc) is 2.52. The Kier molecular flexibility index (Phi) is 19.9. The third-order valence-corrected chi connectivity index (χ3v) is 21.6. The zero-order valence-electron chi connectivity index (χ0n) is 20.9. The normalized spacial score (nSPS) is 53.0. The van der Waals surface area contributed by atoms with Gasteiger partial charge in [-0.3, -0.25) is 54.8 Å². The van der Waals surface area contributed by atoms with E-state index in [1.54, 1.807) is 0 Å². The first kappa shape index (κ1) is 55.3. The van der Waals surface area contributed by atoms with Crippen molar-refractivity contribution in [2.24, 2.45) is 0 Å². The third-order valence-electron chi connectivity index (χ3n) is 2.40. The van der Waals surface area contributed by atoms with E-state index in [0.717, 1.165) is 0 Å². The van der Waals surface area contributed by atoms with Gasteiger partial charge in [0.15, 0.2) is 0 Å². The van der Waals surface area contributed by atoms with E-state index in [4.69, 9.17) is 0 Å². The molecule has 50 heteroatoms. The summed E-state index contributed by atoms with van der Waals surface area (Å²) in [5, 5.41) is 0. The molecule has 3 rings (SSSR count). The molecule has 0 unspecified atom stereocenters. The summed E-state index contributed by atoms with van der Waals surface area (Å²) in [6.07, 6.45) is 0. The van der Waals surface area contributed by atoms with Gasteiger partial charge in [0, 0.05) is 42.1 Å². The van der Waals surface area contributed by atoms with Gasteiger partial charge in [0.05, 0.1) is 0 Å². The Hall–Kier alpha value is 3.18. The minimum Gasteiger partial charge on any atom is -0.756 e. The maximum atomic E-state index is 10.6. The van der Waals surface area contributed by atoms with Gasteiger partial charge < -0.3 is 58.7 Å². The van der Waals surface area contributed by atoms with Crippen LogP contribution in [0.4, 0.5) is 0 Å². The van der Waals surface area contributed by atoms with Gasteiger partial charge in [0.2, 0.25) is 0 Å². The second-order valence-corrected chi connectivity index (χ2v) is 24.9. The topological polar surface area (TPSA) is 592 Å². The fourth-order valence-corrected chi connectivity index (χ4v) is 18.1. The van der Waals surface area contributed by atoms with E-state index in [1.165, 1.54) is 0 Å². The van der Waals surface area contributed by atoms with Crippen LogP contribution >= 0.6 is 93.9 Å². The SMILES string of the molecule is O=P1([O-])OP(=O)([O-])OP(=O)([O-])OP(=O)([O-])O1.O=P1([O-])OP(=O)([O-])OP(=O)([O-])OP(=O)([O-])O1.O=P1([O-])OP(=O)([O-])OP(=O)([O-])OP(=O)([O-])O1.[Mo].[Mo]. The Labute approximate surface area is 300 Å². The first-order valence-electron chi connectivity index (χ1n) is 8.76. The molecule has 0 aromatic heterocycles. The van der Waals surface area contributed by atoms with E-state index in [0.29, 0.717) is 0 Å². The van der Waals surface area contributed by atoms with Crippen molar-refractivity contribution >= 4 is 93.9 Å². The van der Waals surface area contributed by atoms with Crippen LogP contribution in [-0.2, 0) is 149 Å². The summed E-state index contributed by atoms with van der Waals surface area (Å²) < 4.78 is 163. The fourth-order valence-electron chi connectivity index (χ4n) is 1.65. The predicted octanol–water partition coefficient (Wildman–Crippen LogP) is -6.18. The number of hydrogen-bond acceptors (Lipinski definition) is 36. The maximum absolute atomic E-state index is 10.6. The molecule has 300 valence electrons. The van der Waals surface area contributed by atoms with E-state index in [-0.39, 0.29) is 42.1 Å². The van der Waals surface area contributed by atoms with E-state index in [9.17, 15) is 114 Å². The van der Waals surface area contributed by atoms with Gasteiger partial charge in [0.25, 0.3) is 93.9 Å². The molecule has 0 atom stereocenters. The van der Waals surface area contributed by atoms with Gasteiger partial charge in [-0.25, -0.2) is 51.7 Å². The Morgan fingerprint density at radius 3 is 0.260 bits per heavy atom. The quantitative estimate of drug-likeness (QED) is 0.161. The molecular weight excluding hydrogens is 1140 g/mol. The molecule has 0 saturated carbocycles. The smallest absolute Gasteiger partial charge is 0.280 e. The van der Waals surface area contributed by atoms with Gasteiger partial charge in [-0.05, 0) is 0 Å². The van der Waals surface area contributed by atoms with Gasteiger partial charge in [-0.1, -0.05) is 0 Å². The third kappa shape index (κ3) is 22.8. The van der Waals surface area contributed by atoms with Gasteiger partial charge >= 0.3 is 0 Å². The molecule has 0 aromatic rings. The van der Waals surface area contributed by atoms with Crippen LogP contribution in [-0.4, -0.2) is 0 Å². The summed E-state index contributed by atoms with van der Waals surface area (Å²) in [6.45, 7) is 0. The Balaban J connectivity index is 0. The molecule has 50 heavy (non-hydrogen) atoms. The van der Waals surface area contributed by atoms with Crippen molar-refractivity contribution in [1.29, 1.82) is 0 Å². The zero-order chi connectivity index (χ0) is 38.5. The molecule has 0 amide bonds. The van der Waals surface area contributed by atoms with Crippen LogP contribution in [0, 0.1) is 0 Å². The minimum atomic E-state index is -5.87. The first-order valence-corrected chi connectivity index (χ1v) is 26.3. The summed E-state index contributed by atoms with van der Waals surface area (Å²) in [6, 6.07) is 0. The van der Waals surface area contributed by atoms with Crippen molar-refractivity contribution in [2.75, 3.05) is 0 Å². The zero-order valence-corrected chi connectivity index (χ0v) is 35.6. The van der Waals surface area contributed by atoms with Crippen LogP contribution in [0.5, 0.6) is 0 Å². The number of hydrogen-bond donors (Lipinski definition) is 0. The van der Waals surface area contributed by atoms with Gasteiger partial charge in [0.1, 0.15) is 0 Å². The fraction of sp³-hybridized carbons (Fsp3) is 0. The summed E-state index contributed by atoms with van der Waals surface area (Å²) in [5.41, 5.74) is 0. The summed E-state index contributed by atoms with van der Waals surface area (Å²) in [5.74, 6) is 0. The van der Waals surface area contributed by atoms with Crippen LogP contribution < -0.4 is 58.7 Å². The Morgan fingerprint density at radius 2 is 0.220 bits per heavy atom. The van der Waals surface area contributed by atoms with Gasteiger partial charge in [-0.2, -0.15) is 0 Å². The molecule has 3 fully saturated rings. The summed E-state index contributed by atoms with van der Waals surface area (Å²) in [4.78, 5) is 127. The molecule has 0 radical (unpaired) electrons. The number of phosphoric acid groups is 12. The molecule has 36 nitrogen and oxygen atoms in total. The first-order chi connectivity index (χ1) is 20.5. The molecule has 3 heterocycles. The van der Waals surface area contributed by atoms with Crippen LogP contribution in [0.25, 0.3) is 0 Å². The summed E-state index contributed by atoms with van der Waals surface area (Å²) >= 11 is 0. The van der Waals surface area contributed by atoms with Gasteiger partial charge in [-0.15, -0.1) is 0 Å². The van der Waals surface area contributed by atoms with Crippen molar-refractivity contribution in [2.45, 2.75) is 0 Å². The van der Waals surface area contributed by atoms with Crippen LogP contribution in [0.15, 0.2) is 0 Å². The Morgan fingerprint density at radius 1 is 0.180 bits per heavy atom. The molecule has 0 bridgehead atoms. The molecule has 0 aliphatic carbocycles. The van der Waals surface area contributed by atoms with Crippen molar-refractivity contribution in [3.05, 3.63) is 0 Å². The van der Waals surface area contributed by atoms with Crippen LogP contribution in [0.2, 0.25) is 0 Å². The maximum Gasteiger partial charge on any atom is 0.280 e. The largest absolute Gasteiger partial charge is 0.756 e. The molecule has 3 saturated heterocycles. The average molecular weight is 1140 g/mol. The molecule has 0 spiro atoms.